The Bertz CT molecular complexity index is 274. The summed E-state index contributed by atoms with van der Waals surface area (Å²) in [6.45, 7) is 0.0495. The number of carbonyl (C=O) groups excluding carboxylic acids is 1. The van der Waals surface area contributed by atoms with Crippen molar-refractivity contribution in [2.75, 3.05) is 19.0 Å². The van der Waals surface area contributed by atoms with Crippen LogP contribution in [0, 0.1) is 12.3 Å². The molecule has 13 heavy (non-hydrogen) atoms. The van der Waals surface area contributed by atoms with Crippen LogP contribution in [-0.4, -0.2) is 33.9 Å². The lowest BCUT2D eigenvalue weighted by molar-refractivity contribution is -0.128. The van der Waals surface area contributed by atoms with Crippen LogP contribution in [0.15, 0.2) is 0 Å². The molecule has 0 aliphatic carbocycles. The molecule has 0 bridgehead atoms. The van der Waals surface area contributed by atoms with Gasteiger partial charge >= 0.3 is 0 Å². The summed E-state index contributed by atoms with van der Waals surface area (Å²) in [4.78, 5) is 9.67. The van der Waals surface area contributed by atoms with Gasteiger partial charge in [-0.15, -0.1) is 6.42 Å². The summed E-state index contributed by atoms with van der Waals surface area (Å²) in [6, 6.07) is 0. The average molecular weight is 206 g/mol. The van der Waals surface area contributed by atoms with Crippen molar-refractivity contribution in [2.45, 2.75) is 6.42 Å². The molecule has 0 saturated heterocycles. The van der Waals surface area contributed by atoms with E-state index in [4.69, 9.17) is 6.42 Å². The molecule has 0 N–H and O–H groups in total. The van der Waals surface area contributed by atoms with E-state index < -0.39 is 10.1 Å². The molecule has 0 aromatic heterocycles. The third-order valence-electron chi connectivity index (χ3n) is 1.05. The Balaban J connectivity index is 3.65. The Hall–Kier alpha value is -1.06. The van der Waals surface area contributed by atoms with E-state index in [2.05, 4.69) is 8.92 Å². The predicted molar refractivity (Wildman–Crippen MR) is 45.2 cm³/mol. The number of terminal acetylenes is 1. The first-order valence-corrected chi connectivity index (χ1v) is 5.06. The van der Waals surface area contributed by atoms with Crippen LogP contribution in [0.3, 0.4) is 0 Å². The molecule has 74 valence electrons. The maximum absolute atomic E-state index is 10.9. The van der Waals surface area contributed by atoms with Crippen LogP contribution in [-0.2, 0) is 23.8 Å². The predicted octanol–water partition coefficient (Wildman–Crippen LogP) is -0.471. The van der Waals surface area contributed by atoms with E-state index in [0.29, 0.717) is 0 Å². The highest BCUT2D eigenvalue weighted by Gasteiger charge is 2.09. The van der Waals surface area contributed by atoms with Gasteiger partial charge in [-0.3, -0.25) is 8.98 Å². The molecule has 0 rings (SSSR count). The summed E-state index contributed by atoms with van der Waals surface area (Å²) < 4.78 is 30.4. The largest absolute Gasteiger partial charge is 0.468 e. The lowest BCUT2D eigenvalue weighted by Crippen LogP contribution is -2.12. The molecule has 5 nitrogen and oxygen atoms in total. The van der Waals surface area contributed by atoms with Crippen LogP contribution in [0.5, 0.6) is 0 Å². The van der Waals surface area contributed by atoms with Crippen molar-refractivity contribution in [2.24, 2.45) is 0 Å². The molecule has 0 heterocycles. The van der Waals surface area contributed by atoms with Crippen LogP contribution < -0.4 is 0 Å². The van der Waals surface area contributed by atoms with E-state index in [1.807, 2.05) is 5.92 Å². The third kappa shape index (κ3) is 7.31. The minimum atomic E-state index is -3.56. The highest BCUT2D eigenvalue weighted by Crippen LogP contribution is 1.95. The van der Waals surface area contributed by atoms with Gasteiger partial charge in [0.2, 0.25) is 0 Å². The van der Waals surface area contributed by atoms with Crippen molar-refractivity contribution in [3.05, 3.63) is 0 Å². The van der Waals surface area contributed by atoms with Gasteiger partial charge in [-0.05, 0) is 6.42 Å². The van der Waals surface area contributed by atoms with Crippen LogP contribution in [0.2, 0.25) is 0 Å². The van der Waals surface area contributed by atoms with Crippen molar-refractivity contribution in [1.29, 1.82) is 0 Å². The lowest BCUT2D eigenvalue weighted by atomic mass is 10.5. The normalized spacial score (nSPS) is 10.4. The Morgan fingerprint density at radius 3 is 2.69 bits per heavy atom. The Morgan fingerprint density at radius 2 is 2.15 bits per heavy atom. The number of carbonyl (C=O) groups is 1. The average Bonchev–Trinajstić information content (AvgIpc) is 2.09. The molecule has 0 saturated carbocycles. The van der Waals surface area contributed by atoms with E-state index in [1.165, 1.54) is 0 Å². The van der Waals surface area contributed by atoms with Crippen LogP contribution in [0.4, 0.5) is 0 Å². The first kappa shape index (κ1) is 11.9. The van der Waals surface area contributed by atoms with Gasteiger partial charge in [-0.25, -0.2) is 0 Å². The van der Waals surface area contributed by atoms with E-state index in [9.17, 15) is 13.2 Å². The van der Waals surface area contributed by atoms with Crippen molar-refractivity contribution in [3.63, 3.8) is 0 Å². The third-order valence-corrected chi connectivity index (χ3v) is 2.31. The van der Waals surface area contributed by atoms with Crippen molar-refractivity contribution in [1.82, 2.24) is 0 Å². The van der Waals surface area contributed by atoms with Gasteiger partial charge in [0.25, 0.3) is 16.6 Å². The molecule has 0 amide bonds. The summed E-state index contributed by atoms with van der Waals surface area (Å²) >= 11 is 0. The van der Waals surface area contributed by atoms with Crippen LogP contribution in [0.25, 0.3) is 0 Å². The second-order valence-corrected chi connectivity index (χ2v) is 3.81. The zero-order chi connectivity index (χ0) is 10.2. The summed E-state index contributed by atoms with van der Waals surface area (Å²) in [5, 5.41) is 0. The maximum atomic E-state index is 10.9. The molecule has 0 aromatic rings. The topological polar surface area (TPSA) is 69.7 Å². The second kappa shape index (κ2) is 6.46. The van der Waals surface area contributed by atoms with E-state index >= 15 is 0 Å². The zero-order valence-corrected chi connectivity index (χ0v) is 7.75. The van der Waals surface area contributed by atoms with Gasteiger partial charge in [0, 0.05) is 0 Å². The Morgan fingerprint density at radius 1 is 1.46 bits per heavy atom. The first-order valence-electron chi connectivity index (χ1n) is 3.48. The smallest absolute Gasteiger partial charge is 0.293 e. The molecule has 0 aliphatic heterocycles. The van der Waals surface area contributed by atoms with E-state index in [1.54, 1.807) is 0 Å². The van der Waals surface area contributed by atoms with Gasteiger partial charge in [-0.1, -0.05) is 5.92 Å². The number of ether oxygens (including phenoxy) is 1. The van der Waals surface area contributed by atoms with Gasteiger partial charge in [-0.2, -0.15) is 8.42 Å². The Labute approximate surface area is 77.2 Å². The first-order chi connectivity index (χ1) is 6.12. The maximum Gasteiger partial charge on any atom is 0.293 e. The molecule has 0 aliphatic rings. The van der Waals surface area contributed by atoms with E-state index in [0.717, 1.165) is 0 Å². The summed E-state index contributed by atoms with van der Waals surface area (Å²) in [6.07, 6.45) is 5.00. The van der Waals surface area contributed by atoms with Crippen molar-refractivity contribution >= 4 is 16.6 Å². The van der Waals surface area contributed by atoms with Crippen LogP contribution >= 0.6 is 0 Å². The molecule has 0 spiro atoms. The summed E-state index contributed by atoms with van der Waals surface area (Å²) in [5.74, 6) is 1.83. The fraction of sp³-hybridized carbons (Fsp3) is 0.571. The Kier molecular flexibility index (Phi) is 5.93. The zero-order valence-electron chi connectivity index (χ0n) is 6.93. The molecule has 0 atom stereocenters. The fourth-order valence-electron chi connectivity index (χ4n) is 0.550. The molecular formula is C7H10O5S. The monoisotopic (exact) mass is 206 g/mol. The van der Waals surface area contributed by atoms with Gasteiger partial charge < -0.3 is 4.74 Å². The molecule has 0 radical (unpaired) electrons. The number of rotatable bonds is 7. The molecule has 0 fully saturated rings. The lowest BCUT2D eigenvalue weighted by Gasteiger charge is -2.01. The SMILES string of the molecule is C#CCOS(=O)(=O)CCCOC=O. The molecular weight excluding hydrogens is 196 g/mol. The fourth-order valence-corrected chi connectivity index (χ4v) is 1.39. The summed E-state index contributed by atoms with van der Waals surface area (Å²) in [7, 11) is -3.56. The van der Waals surface area contributed by atoms with E-state index in [-0.39, 0.29) is 31.9 Å². The van der Waals surface area contributed by atoms with Crippen molar-refractivity contribution < 1.29 is 22.1 Å². The van der Waals surface area contributed by atoms with Gasteiger partial charge in [0.15, 0.2) is 0 Å². The number of hydrogen-bond donors (Lipinski definition) is 0. The van der Waals surface area contributed by atoms with Gasteiger partial charge in [0.1, 0.15) is 6.61 Å². The van der Waals surface area contributed by atoms with Gasteiger partial charge in [0.05, 0.1) is 12.4 Å². The summed E-state index contributed by atoms with van der Waals surface area (Å²) in [5.41, 5.74) is 0. The highest BCUT2D eigenvalue weighted by atomic mass is 32.2. The number of hydrogen-bond acceptors (Lipinski definition) is 5. The highest BCUT2D eigenvalue weighted by molar-refractivity contribution is 7.86. The minimum absolute atomic E-state index is 0.0577. The molecule has 6 heteroatoms. The van der Waals surface area contributed by atoms with Crippen LogP contribution in [0.1, 0.15) is 6.42 Å². The molecule has 0 aromatic carbocycles. The minimum Gasteiger partial charge on any atom is -0.468 e. The van der Waals surface area contributed by atoms with Crippen molar-refractivity contribution in [3.8, 4) is 12.3 Å². The second-order valence-electron chi connectivity index (χ2n) is 2.05. The molecule has 0 unspecified atom stereocenters. The standard InChI is InChI=1S/C7H10O5S/c1-2-4-12-13(9,10)6-3-5-11-7-8/h1,7H,3-6H2. The quantitative estimate of drug-likeness (QED) is 0.244.